The maximum absolute atomic E-state index is 11.4. The highest BCUT2D eigenvalue weighted by Crippen LogP contribution is 2.17. The van der Waals surface area contributed by atoms with E-state index >= 15 is 0 Å². The first-order valence-electron chi connectivity index (χ1n) is 14.2. The van der Waals surface area contributed by atoms with E-state index in [9.17, 15) is 14.4 Å². The van der Waals surface area contributed by atoms with Gasteiger partial charge in [-0.3, -0.25) is 14.4 Å². The Morgan fingerprint density at radius 2 is 1.68 bits per heavy atom. The van der Waals surface area contributed by atoms with Crippen molar-refractivity contribution in [3.8, 4) is 11.9 Å². The minimum Gasteiger partial charge on any atom is -0.478 e. The molecule has 1 fully saturated rings. The van der Waals surface area contributed by atoms with E-state index in [4.69, 9.17) is 9.47 Å². The standard InChI is InChI=1S/C11H13NO2.C10H17N3O2.C6H11NO.C3H8/c1-2-10(13)8-12-11(14)9-6-4-3-5-7-9;1-4-11-6-8-7-12-10(14-3)13-9(8)15-5-2;8-6-7-4-2-1-3-5-7;1-3-2/h3-7H,2,8H2,1H3,(H,12,14);7,11H,4-6H2,1-3H3;6H,1-5H2;3H2,1-2H3. The van der Waals surface area contributed by atoms with Crippen LogP contribution in [0.25, 0.3) is 0 Å². The van der Waals surface area contributed by atoms with Crippen molar-refractivity contribution in [3.63, 3.8) is 0 Å². The van der Waals surface area contributed by atoms with E-state index in [0.29, 0.717) is 37.0 Å². The van der Waals surface area contributed by atoms with Gasteiger partial charge in [-0.05, 0) is 44.9 Å². The summed E-state index contributed by atoms with van der Waals surface area (Å²) in [7, 11) is 1.54. The number of carbonyl (C=O) groups is 3. The predicted molar refractivity (Wildman–Crippen MR) is 159 cm³/mol. The molecular weight excluding hydrogens is 510 g/mol. The van der Waals surface area contributed by atoms with Crippen molar-refractivity contribution in [2.24, 2.45) is 0 Å². The van der Waals surface area contributed by atoms with Gasteiger partial charge in [-0.2, -0.15) is 4.98 Å². The molecule has 10 heteroatoms. The molecule has 0 radical (unpaired) electrons. The van der Waals surface area contributed by atoms with Gasteiger partial charge < -0.3 is 25.0 Å². The SMILES string of the molecule is CCC.CCC(=O)CNC(=O)c1ccccc1.CCNCc1cnc(OC)nc1OCC.O=CN1CCCCC1. The summed E-state index contributed by atoms with van der Waals surface area (Å²) in [5.41, 5.74) is 1.52. The van der Waals surface area contributed by atoms with Gasteiger partial charge in [0.15, 0.2) is 5.78 Å². The number of amides is 2. The number of hydrogen-bond acceptors (Lipinski definition) is 8. The van der Waals surface area contributed by atoms with Crippen LogP contribution in [-0.4, -0.2) is 72.9 Å². The van der Waals surface area contributed by atoms with E-state index in [1.165, 1.54) is 32.8 Å². The third-order valence-electron chi connectivity index (χ3n) is 5.25. The van der Waals surface area contributed by atoms with Gasteiger partial charge in [-0.25, -0.2) is 4.98 Å². The van der Waals surface area contributed by atoms with Gasteiger partial charge in [-0.1, -0.05) is 52.3 Å². The number of benzene rings is 1. The lowest BCUT2D eigenvalue weighted by Gasteiger charge is -2.21. The Labute approximate surface area is 240 Å². The van der Waals surface area contributed by atoms with Gasteiger partial charge in [0.2, 0.25) is 12.3 Å². The lowest BCUT2D eigenvalue weighted by Crippen LogP contribution is -2.28. The molecule has 224 valence electrons. The number of methoxy groups -OCH3 is 1. The normalized spacial score (nSPS) is 11.7. The molecule has 0 atom stereocenters. The summed E-state index contributed by atoms with van der Waals surface area (Å²) in [5, 5.41) is 5.76. The second kappa shape index (κ2) is 24.5. The van der Waals surface area contributed by atoms with E-state index in [1.54, 1.807) is 37.4 Å². The van der Waals surface area contributed by atoms with E-state index in [2.05, 4.69) is 34.4 Å². The van der Waals surface area contributed by atoms with Crippen LogP contribution < -0.4 is 20.1 Å². The van der Waals surface area contributed by atoms with Crippen molar-refractivity contribution in [1.29, 1.82) is 0 Å². The summed E-state index contributed by atoms with van der Waals surface area (Å²) in [6, 6.07) is 9.18. The number of nitrogens with one attached hydrogen (secondary N) is 2. The van der Waals surface area contributed by atoms with Gasteiger partial charge in [0, 0.05) is 43.4 Å². The van der Waals surface area contributed by atoms with Crippen molar-refractivity contribution < 1.29 is 23.9 Å². The zero-order valence-corrected chi connectivity index (χ0v) is 25.2. The third-order valence-corrected chi connectivity index (χ3v) is 5.25. The Balaban J connectivity index is 0.000000563. The Bertz CT molecular complexity index is 937. The fraction of sp³-hybridized carbons (Fsp3) is 0.567. The summed E-state index contributed by atoms with van der Waals surface area (Å²) < 4.78 is 10.3. The summed E-state index contributed by atoms with van der Waals surface area (Å²) in [5.74, 6) is 0.423. The molecule has 2 heterocycles. The number of piperidine rings is 1. The second-order valence-corrected chi connectivity index (χ2v) is 8.75. The summed E-state index contributed by atoms with van der Waals surface area (Å²) in [6.07, 6.45) is 8.05. The number of ether oxygens (including phenoxy) is 2. The predicted octanol–water partition coefficient (Wildman–Crippen LogP) is 4.43. The van der Waals surface area contributed by atoms with Gasteiger partial charge in [0.1, 0.15) is 0 Å². The van der Waals surface area contributed by atoms with Crippen molar-refractivity contribution in [1.82, 2.24) is 25.5 Å². The summed E-state index contributed by atoms with van der Waals surface area (Å²) in [4.78, 5) is 42.4. The molecule has 0 unspecified atom stereocenters. The quantitative estimate of drug-likeness (QED) is 0.388. The number of likely N-dealkylation sites (tertiary alicyclic amines) is 1. The molecule has 2 aromatic rings. The zero-order chi connectivity index (χ0) is 30.0. The van der Waals surface area contributed by atoms with Crippen molar-refractivity contribution in [2.45, 2.75) is 73.3 Å². The van der Waals surface area contributed by atoms with Crippen molar-refractivity contribution in [3.05, 3.63) is 47.7 Å². The van der Waals surface area contributed by atoms with Crippen molar-refractivity contribution >= 4 is 18.1 Å². The molecular formula is C30H49N5O5. The maximum Gasteiger partial charge on any atom is 0.319 e. The fourth-order valence-electron chi connectivity index (χ4n) is 3.14. The van der Waals surface area contributed by atoms with E-state index in [1.807, 2.05) is 24.8 Å². The van der Waals surface area contributed by atoms with Crippen LogP contribution in [0.2, 0.25) is 0 Å². The van der Waals surface area contributed by atoms with E-state index in [-0.39, 0.29) is 18.2 Å². The minimum absolute atomic E-state index is 0.0364. The number of hydrogen-bond donors (Lipinski definition) is 2. The number of nitrogens with zero attached hydrogens (tertiary/aromatic N) is 3. The van der Waals surface area contributed by atoms with Crippen LogP contribution in [0.15, 0.2) is 36.5 Å². The number of ketones is 1. The number of carbonyl (C=O) groups excluding carboxylic acids is 3. The van der Waals surface area contributed by atoms with Crippen LogP contribution in [0.5, 0.6) is 11.9 Å². The molecule has 1 aliphatic heterocycles. The molecule has 1 aromatic heterocycles. The van der Waals surface area contributed by atoms with E-state index < -0.39 is 0 Å². The molecule has 1 saturated heterocycles. The van der Waals surface area contributed by atoms with Crippen LogP contribution in [-0.2, 0) is 16.1 Å². The highest BCUT2D eigenvalue weighted by Gasteiger charge is 2.08. The zero-order valence-electron chi connectivity index (χ0n) is 25.2. The Hall–Kier alpha value is -3.53. The maximum atomic E-state index is 11.4. The van der Waals surface area contributed by atoms with E-state index in [0.717, 1.165) is 31.6 Å². The molecule has 2 amide bonds. The van der Waals surface area contributed by atoms with Gasteiger partial charge >= 0.3 is 6.01 Å². The monoisotopic (exact) mass is 559 g/mol. The smallest absolute Gasteiger partial charge is 0.319 e. The number of Topliss-reactive ketones (excluding diaryl/α,β-unsaturated/α-hetero) is 1. The fourth-order valence-corrected chi connectivity index (χ4v) is 3.14. The van der Waals surface area contributed by atoms with Crippen LogP contribution in [0.3, 0.4) is 0 Å². The molecule has 0 bridgehead atoms. The third kappa shape index (κ3) is 17.1. The molecule has 0 spiro atoms. The number of rotatable bonds is 11. The highest BCUT2D eigenvalue weighted by atomic mass is 16.5. The first-order chi connectivity index (χ1) is 19.4. The average molecular weight is 560 g/mol. The van der Waals surface area contributed by atoms with Crippen LogP contribution in [0.4, 0.5) is 0 Å². The molecule has 40 heavy (non-hydrogen) atoms. The molecule has 0 saturated carbocycles. The van der Waals surface area contributed by atoms with Crippen LogP contribution in [0, 0.1) is 0 Å². The van der Waals surface area contributed by atoms with Gasteiger partial charge in [0.05, 0.1) is 20.3 Å². The Morgan fingerprint density at radius 3 is 2.17 bits per heavy atom. The average Bonchev–Trinajstić information content (AvgIpc) is 3.01. The lowest BCUT2D eigenvalue weighted by molar-refractivity contribution is -0.119. The lowest BCUT2D eigenvalue weighted by atomic mass is 10.1. The molecule has 2 N–H and O–H groups in total. The molecule has 0 aliphatic carbocycles. The van der Waals surface area contributed by atoms with Crippen molar-refractivity contribution in [2.75, 3.05) is 39.9 Å². The molecule has 1 aliphatic rings. The Morgan fingerprint density at radius 1 is 1.02 bits per heavy atom. The molecule has 10 nitrogen and oxygen atoms in total. The topological polar surface area (TPSA) is 123 Å². The number of aromatic nitrogens is 2. The summed E-state index contributed by atoms with van der Waals surface area (Å²) >= 11 is 0. The van der Waals surface area contributed by atoms with Crippen LogP contribution >= 0.6 is 0 Å². The summed E-state index contributed by atoms with van der Waals surface area (Å²) in [6.45, 7) is 14.2. The molecule has 1 aromatic carbocycles. The highest BCUT2D eigenvalue weighted by molar-refractivity contribution is 5.96. The van der Waals surface area contributed by atoms with Gasteiger partial charge in [0.25, 0.3) is 5.91 Å². The second-order valence-electron chi connectivity index (χ2n) is 8.75. The first-order valence-corrected chi connectivity index (χ1v) is 14.2. The largest absolute Gasteiger partial charge is 0.478 e. The minimum atomic E-state index is -0.201. The van der Waals surface area contributed by atoms with Gasteiger partial charge in [-0.15, -0.1) is 0 Å². The Kier molecular flexibility index (Phi) is 22.3. The first kappa shape index (κ1) is 36.5. The van der Waals surface area contributed by atoms with Crippen LogP contribution in [0.1, 0.15) is 82.6 Å². The molecule has 3 rings (SSSR count).